The summed E-state index contributed by atoms with van der Waals surface area (Å²) in [5.74, 6) is 0.879. The maximum absolute atomic E-state index is 13.1. The van der Waals surface area contributed by atoms with Gasteiger partial charge < -0.3 is 9.47 Å². The van der Waals surface area contributed by atoms with Gasteiger partial charge in [0.1, 0.15) is 11.9 Å². The highest BCUT2D eigenvalue weighted by atomic mass is 32.1. The summed E-state index contributed by atoms with van der Waals surface area (Å²) in [5.41, 5.74) is 0.880. The Morgan fingerprint density at radius 1 is 1.33 bits per heavy atom. The lowest BCUT2D eigenvalue weighted by Gasteiger charge is -2.40. The van der Waals surface area contributed by atoms with Crippen LogP contribution < -0.4 is 4.74 Å². The van der Waals surface area contributed by atoms with E-state index in [0.717, 1.165) is 24.2 Å². The first kappa shape index (κ1) is 18.7. The van der Waals surface area contributed by atoms with Crippen LogP contribution in [0.4, 0.5) is 4.79 Å². The lowest BCUT2D eigenvalue weighted by Crippen LogP contribution is -2.50. The van der Waals surface area contributed by atoms with Gasteiger partial charge in [0, 0.05) is 17.6 Å². The molecular formula is C21H27NO4S. The Kier molecular flexibility index (Phi) is 4.26. The fraction of sp³-hybridized carbons (Fsp3) is 0.619. The molecule has 3 aliphatic rings. The van der Waals surface area contributed by atoms with Crippen molar-refractivity contribution in [2.45, 2.75) is 57.4 Å². The van der Waals surface area contributed by atoms with Gasteiger partial charge in [-0.15, -0.1) is 0 Å². The van der Waals surface area contributed by atoms with E-state index in [1.54, 1.807) is 7.11 Å². The Labute approximate surface area is 165 Å². The zero-order valence-electron chi connectivity index (χ0n) is 16.3. The van der Waals surface area contributed by atoms with Crippen LogP contribution in [0.15, 0.2) is 24.3 Å². The second-order valence-corrected chi connectivity index (χ2v) is 9.46. The van der Waals surface area contributed by atoms with Crippen molar-refractivity contribution in [2.75, 3.05) is 7.11 Å². The molecule has 2 saturated carbocycles. The molecule has 1 unspecified atom stereocenters. The number of benzene rings is 1. The second kappa shape index (κ2) is 6.16. The van der Waals surface area contributed by atoms with E-state index >= 15 is 0 Å². The maximum atomic E-state index is 13.1. The van der Waals surface area contributed by atoms with Crippen LogP contribution in [-0.4, -0.2) is 36.2 Å². The fourth-order valence-electron chi connectivity index (χ4n) is 5.58. The number of imide groups is 1. The third-order valence-electron chi connectivity index (χ3n) is 7.58. The number of carbonyl (C=O) groups excluding carboxylic acids is 2. The molecule has 1 aliphatic heterocycles. The first-order chi connectivity index (χ1) is 12.7. The number of thiol groups is 1. The van der Waals surface area contributed by atoms with Crippen molar-refractivity contribution in [2.24, 2.45) is 16.7 Å². The number of fused-ring (bicyclic) bond motifs is 5. The minimum atomic E-state index is -0.487. The molecule has 4 rings (SSSR count). The predicted molar refractivity (Wildman–Crippen MR) is 105 cm³/mol. The standard InChI is InChI=1S/C21H27NO4S/c1-20(2)14-9-10-21(20,3)18-17(14)26-19(24)22(18)16(23)11-15(27)12-5-7-13(25-4)8-6-12/h5-8,14-15,17-18,27H,9-11H2,1-4H3/t14?,15-,17+,18+,21-/m0/s1. The van der Waals surface area contributed by atoms with Gasteiger partial charge in [-0.1, -0.05) is 32.9 Å². The number of amides is 2. The summed E-state index contributed by atoms with van der Waals surface area (Å²) in [6, 6.07) is 7.33. The Bertz CT molecular complexity index is 777. The highest BCUT2D eigenvalue weighted by molar-refractivity contribution is 7.80. The van der Waals surface area contributed by atoms with Gasteiger partial charge >= 0.3 is 6.09 Å². The highest BCUT2D eigenvalue weighted by Crippen LogP contribution is 2.68. The van der Waals surface area contributed by atoms with Gasteiger partial charge in [0.2, 0.25) is 5.91 Å². The van der Waals surface area contributed by atoms with E-state index in [1.807, 2.05) is 24.3 Å². The van der Waals surface area contributed by atoms with Gasteiger partial charge in [-0.2, -0.15) is 12.6 Å². The zero-order chi connectivity index (χ0) is 19.6. The van der Waals surface area contributed by atoms with E-state index in [1.165, 1.54) is 4.90 Å². The van der Waals surface area contributed by atoms with Crippen molar-refractivity contribution in [1.29, 1.82) is 0 Å². The molecule has 0 N–H and O–H groups in total. The van der Waals surface area contributed by atoms with Crippen LogP contribution in [0.3, 0.4) is 0 Å². The molecule has 2 aliphatic carbocycles. The lowest BCUT2D eigenvalue weighted by atomic mass is 9.69. The van der Waals surface area contributed by atoms with Gasteiger partial charge in [0.05, 0.1) is 13.2 Å². The molecule has 1 aromatic carbocycles. The van der Waals surface area contributed by atoms with Crippen LogP contribution in [0, 0.1) is 16.7 Å². The number of rotatable bonds is 4. The molecule has 2 bridgehead atoms. The summed E-state index contributed by atoms with van der Waals surface area (Å²) >= 11 is 4.61. The lowest BCUT2D eigenvalue weighted by molar-refractivity contribution is -0.131. The molecular weight excluding hydrogens is 362 g/mol. The normalized spacial score (nSPS) is 34.3. The molecule has 5 nitrogen and oxygen atoms in total. The van der Waals surface area contributed by atoms with Crippen LogP contribution in [0.2, 0.25) is 0 Å². The van der Waals surface area contributed by atoms with Crippen LogP contribution in [0.1, 0.15) is 50.8 Å². The van der Waals surface area contributed by atoms with Crippen LogP contribution >= 0.6 is 12.6 Å². The highest BCUT2D eigenvalue weighted by Gasteiger charge is 2.72. The maximum Gasteiger partial charge on any atom is 0.417 e. The molecule has 0 aromatic heterocycles. The molecule has 6 heteroatoms. The number of hydrogen-bond donors (Lipinski definition) is 1. The summed E-state index contributed by atoms with van der Waals surface area (Å²) in [5, 5.41) is -0.283. The number of hydrogen-bond acceptors (Lipinski definition) is 5. The van der Waals surface area contributed by atoms with Crippen molar-refractivity contribution >= 4 is 24.6 Å². The van der Waals surface area contributed by atoms with E-state index in [9.17, 15) is 9.59 Å². The summed E-state index contributed by atoms with van der Waals surface area (Å²) in [4.78, 5) is 27.0. The van der Waals surface area contributed by atoms with E-state index in [0.29, 0.717) is 5.92 Å². The number of ether oxygens (including phenoxy) is 2. The van der Waals surface area contributed by atoms with E-state index < -0.39 is 6.09 Å². The Morgan fingerprint density at radius 3 is 2.63 bits per heavy atom. The van der Waals surface area contributed by atoms with Gasteiger partial charge in [-0.25, -0.2) is 9.69 Å². The smallest absolute Gasteiger partial charge is 0.417 e. The molecule has 2 amide bonds. The predicted octanol–water partition coefficient (Wildman–Crippen LogP) is 4.23. The average molecular weight is 390 g/mol. The van der Waals surface area contributed by atoms with Crippen LogP contribution in [-0.2, 0) is 9.53 Å². The van der Waals surface area contributed by atoms with Crippen molar-refractivity contribution in [1.82, 2.24) is 4.90 Å². The van der Waals surface area contributed by atoms with Crippen molar-refractivity contribution in [3.8, 4) is 5.75 Å². The Hall–Kier alpha value is -1.69. The molecule has 5 atom stereocenters. The molecule has 146 valence electrons. The Morgan fingerprint density at radius 2 is 2.00 bits per heavy atom. The van der Waals surface area contributed by atoms with Gasteiger partial charge in [0.15, 0.2) is 0 Å². The molecule has 1 aromatic rings. The molecule has 0 spiro atoms. The Balaban J connectivity index is 1.54. The third kappa shape index (κ3) is 2.52. The first-order valence-corrected chi connectivity index (χ1v) is 10.1. The summed E-state index contributed by atoms with van der Waals surface area (Å²) in [6.07, 6.45) is 1.58. The minimum Gasteiger partial charge on any atom is -0.497 e. The van der Waals surface area contributed by atoms with E-state index in [2.05, 4.69) is 33.4 Å². The summed E-state index contributed by atoms with van der Waals surface area (Å²) in [6.45, 7) is 6.71. The van der Waals surface area contributed by atoms with Gasteiger partial charge in [-0.3, -0.25) is 4.79 Å². The minimum absolute atomic E-state index is 0.0535. The number of carbonyl (C=O) groups is 2. The molecule has 0 radical (unpaired) electrons. The fourth-order valence-corrected chi connectivity index (χ4v) is 5.91. The molecule has 27 heavy (non-hydrogen) atoms. The van der Waals surface area contributed by atoms with Crippen molar-refractivity contribution < 1.29 is 19.1 Å². The van der Waals surface area contributed by atoms with E-state index in [4.69, 9.17) is 9.47 Å². The largest absolute Gasteiger partial charge is 0.497 e. The topological polar surface area (TPSA) is 55.8 Å². The molecule has 3 fully saturated rings. The van der Waals surface area contributed by atoms with E-state index in [-0.39, 0.29) is 40.6 Å². The molecule has 1 saturated heterocycles. The summed E-state index contributed by atoms with van der Waals surface area (Å²) in [7, 11) is 1.61. The van der Waals surface area contributed by atoms with Crippen LogP contribution in [0.5, 0.6) is 5.75 Å². The average Bonchev–Trinajstić information content (AvgIpc) is 3.15. The SMILES string of the molecule is COc1ccc([C@@H](S)CC(=O)N2C(=O)O[C@@H]3C4CC[C@@](C)([C@@H]32)C4(C)C)cc1. The third-order valence-corrected chi connectivity index (χ3v) is 8.06. The number of methoxy groups -OCH3 is 1. The summed E-state index contributed by atoms with van der Waals surface area (Å²) < 4.78 is 10.9. The first-order valence-electron chi connectivity index (χ1n) is 9.55. The molecule has 1 heterocycles. The van der Waals surface area contributed by atoms with Crippen LogP contribution in [0.25, 0.3) is 0 Å². The van der Waals surface area contributed by atoms with Gasteiger partial charge in [-0.05, 0) is 41.4 Å². The quantitative estimate of drug-likeness (QED) is 0.783. The van der Waals surface area contributed by atoms with Crippen molar-refractivity contribution in [3.05, 3.63) is 29.8 Å². The number of nitrogens with zero attached hydrogens (tertiary/aromatic N) is 1. The van der Waals surface area contributed by atoms with Crippen molar-refractivity contribution in [3.63, 3.8) is 0 Å². The second-order valence-electron chi connectivity index (χ2n) is 8.83. The monoisotopic (exact) mass is 389 g/mol. The van der Waals surface area contributed by atoms with Gasteiger partial charge in [0.25, 0.3) is 0 Å². The zero-order valence-corrected chi connectivity index (χ0v) is 17.2.